The van der Waals surface area contributed by atoms with E-state index in [-0.39, 0.29) is 6.10 Å². The van der Waals surface area contributed by atoms with Gasteiger partial charge < -0.3 is 4.74 Å². The number of thiophene rings is 1. The van der Waals surface area contributed by atoms with Crippen molar-refractivity contribution in [3.63, 3.8) is 0 Å². The van der Waals surface area contributed by atoms with Crippen LogP contribution in [0.5, 0.6) is 0 Å². The van der Waals surface area contributed by atoms with Crippen molar-refractivity contribution >= 4 is 33.0 Å². The molecule has 1 aromatic heterocycles. The summed E-state index contributed by atoms with van der Waals surface area (Å²) in [5.74, 6) is 0.360. The van der Waals surface area contributed by atoms with Crippen LogP contribution in [-0.4, -0.2) is 38.5 Å². The minimum atomic E-state index is -3.37. The lowest BCUT2D eigenvalue weighted by molar-refractivity contribution is 0.0290. The fourth-order valence-electron chi connectivity index (χ4n) is 2.35. The van der Waals surface area contributed by atoms with Gasteiger partial charge in [0.15, 0.2) is 0 Å². The number of alkyl halides is 1. The van der Waals surface area contributed by atoms with Gasteiger partial charge in [0.05, 0.1) is 12.0 Å². The Hall–Kier alpha value is -0.140. The molecule has 0 unspecified atom stereocenters. The van der Waals surface area contributed by atoms with Crippen molar-refractivity contribution in [1.82, 2.24) is 4.31 Å². The molecule has 0 aromatic carbocycles. The van der Waals surface area contributed by atoms with E-state index < -0.39 is 10.0 Å². The molecule has 0 spiro atoms. The Balaban J connectivity index is 2.11. The van der Waals surface area contributed by atoms with Crippen LogP contribution in [0.1, 0.15) is 30.2 Å². The standard InChI is InChI=1S/C13H20ClNO3S2/c1-3-18-11-4-6-15(7-5-11)20(16,17)13-8-10(2)12(9-14)19-13/h8,11H,3-7,9H2,1-2H3. The SMILES string of the molecule is CCOC1CCN(S(=O)(=O)c2cc(C)c(CCl)s2)CC1. The topological polar surface area (TPSA) is 46.6 Å². The minimum absolute atomic E-state index is 0.190. The summed E-state index contributed by atoms with van der Waals surface area (Å²) >= 11 is 7.10. The third-order valence-corrected chi connectivity index (χ3v) is 7.53. The predicted octanol–water partition coefficient (Wildman–Crippen LogP) is 2.98. The summed E-state index contributed by atoms with van der Waals surface area (Å²) in [6.07, 6.45) is 1.72. The van der Waals surface area contributed by atoms with E-state index in [2.05, 4.69) is 0 Å². The van der Waals surface area contributed by atoms with Crippen molar-refractivity contribution in [2.24, 2.45) is 0 Å². The van der Waals surface area contributed by atoms with E-state index in [1.807, 2.05) is 13.8 Å². The molecule has 0 amide bonds. The Bertz CT molecular complexity index is 548. The van der Waals surface area contributed by atoms with Crippen LogP contribution in [0.3, 0.4) is 0 Å². The van der Waals surface area contributed by atoms with Gasteiger partial charge in [-0.05, 0) is 38.3 Å². The van der Waals surface area contributed by atoms with E-state index in [1.54, 1.807) is 10.4 Å². The van der Waals surface area contributed by atoms with E-state index in [1.165, 1.54) is 11.3 Å². The lowest BCUT2D eigenvalue weighted by Gasteiger charge is -2.30. The summed E-state index contributed by atoms with van der Waals surface area (Å²) in [4.78, 5) is 0.925. The van der Waals surface area contributed by atoms with Gasteiger partial charge in [-0.25, -0.2) is 8.42 Å². The highest BCUT2D eigenvalue weighted by atomic mass is 35.5. The second-order valence-corrected chi connectivity index (χ2v) is 8.43. The quantitative estimate of drug-likeness (QED) is 0.776. The Morgan fingerprint density at radius 3 is 2.60 bits per heavy atom. The summed E-state index contributed by atoms with van der Waals surface area (Å²) < 4.78 is 32.7. The van der Waals surface area contributed by atoms with Crippen molar-refractivity contribution in [3.05, 3.63) is 16.5 Å². The van der Waals surface area contributed by atoms with Crippen LogP contribution in [0.2, 0.25) is 0 Å². The number of rotatable bonds is 5. The van der Waals surface area contributed by atoms with Gasteiger partial charge in [0, 0.05) is 24.6 Å². The Labute approximate surface area is 129 Å². The molecule has 0 N–H and O–H groups in total. The first-order chi connectivity index (χ1) is 9.48. The maximum atomic E-state index is 12.6. The van der Waals surface area contributed by atoms with E-state index >= 15 is 0 Å². The van der Waals surface area contributed by atoms with Crippen LogP contribution in [0, 0.1) is 6.92 Å². The third kappa shape index (κ3) is 3.36. The highest BCUT2D eigenvalue weighted by Crippen LogP contribution is 2.31. The molecule has 2 heterocycles. The van der Waals surface area contributed by atoms with Crippen molar-refractivity contribution < 1.29 is 13.2 Å². The monoisotopic (exact) mass is 337 g/mol. The Morgan fingerprint density at radius 2 is 2.10 bits per heavy atom. The van der Waals surface area contributed by atoms with Crippen molar-refractivity contribution in [1.29, 1.82) is 0 Å². The van der Waals surface area contributed by atoms with Gasteiger partial charge in [0.25, 0.3) is 10.0 Å². The normalized spacial score (nSPS) is 18.6. The number of aryl methyl sites for hydroxylation is 1. The van der Waals surface area contributed by atoms with Gasteiger partial charge in [-0.15, -0.1) is 22.9 Å². The first-order valence-corrected chi connectivity index (χ1v) is 9.55. The molecule has 4 nitrogen and oxygen atoms in total. The molecule has 1 fully saturated rings. The van der Waals surface area contributed by atoms with Crippen molar-refractivity contribution in [2.75, 3.05) is 19.7 Å². The van der Waals surface area contributed by atoms with Gasteiger partial charge in [0.2, 0.25) is 0 Å². The van der Waals surface area contributed by atoms with E-state index in [4.69, 9.17) is 16.3 Å². The molecule has 7 heteroatoms. The first-order valence-electron chi connectivity index (χ1n) is 6.76. The molecular formula is C13H20ClNO3S2. The number of halogens is 1. The first kappa shape index (κ1) is 16.2. The van der Waals surface area contributed by atoms with E-state index in [9.17, 15) is 8.42 Å². The molecule has 0 radical (unpaired) electrons. The second-order valence-electron chi connectivity index (χ2n) is 4.86. The molecule has 0 saturated carbocycles. The van der Waals surface area contributed by atoms with Crippen LogP contribution in [0.25, 0.3) is 0 Å². The molecule has 1 aliphatic heterocycles. The highest BCUT2D eigenvalue weighted by Gasteiger charge is 2.31. The molecule has 1 aliphatic rings. The average Bonchev–Trinajstić information content (AvgIpc) is 2.82. The highest BCUT2D eigenvalue weighted by molar-refractivity contribution is 7.91. The second kappa shape index (κ2) is 6.75. The van der Waals surface area contributed by atoms with Gasteiger partial charge in [0.1, 0.15) is 4.21 Å². The molecule has 0 bridgehead atoms. The summed E-state index contributed by atoms with van der Waals surface area (Å²) in [5.41, 5.74) is 0.952. The summed E-state index contributed by atoms with van der Waals surface area (Å²) in [6, 6.07) is 1.73. The van der Waals surface area contributed by atoms with Gasteiger partial charge in [-0.2, -0.15) is 4.31 Å². The van der Waals surface area contributed by atoms with Crippen LogP contribution >= 0.6 is 22.9 Å². The third-order valence-electron chi connectivity index (χ3n) is 3.52. The van der Waals surface area contributed by atoms with Crippen LogP contribution in [0.15, 0.2) is 10.3 Å². The van der Waals surface area contributed by atoms with Crippen LogP contribution in [-0.2, 0) is 20.6 Å². The fourth-order valence-corrected chi connectivity index (χ4v) is 5.79. The van der Waals surface area contributed by atoms with Crippen molar-refractivity contribution in [3.8, 4) is 0 Å². The maximum Gasteiger partial charge on any atom is 0.252 e. The minimum Gasteiger partial charge on any atom is -0.378 e. The molecule has 2 rings (SSSR count). The largest absolute Gasteiger partial charge is 0.378 e. The van der Waals surface area contributed by atoms with Crippen molar-refractivity contribution in [2.45, 2.75) is 42.9 Å². The lowest BCUT2D eigenvalue weighted by Crippen LogP contribution is -2.40. The smallest absolute Gasteiger partial charge is 0.252 e. The van der Waals surface area contributed by atoms with E-state index in [0.717, 1.165) is 23.3 Å². The van der Waals surface area contributed by atoms with Gasteiger partial charge >= 0.3 is 0 Å². The zero-order valence-electron chi connectivity index (χ0n) is 11.8. The number of sulfonamides is 1. The molecule has 0 aliphatic carbocycles. The van der Waals surface area contributed by atoms with E-state index in [0.29, 0.717) is 29.8 Å². The molecule has 0 atom stereocenters. The number of ether oxygens (including phenoxy) is 1. The molecule has 1 aromatic rings. The number of hydrogen-bond donors (Lipinski definition) is 0. The summed E-state index contributed by atoms with van der Waals surface area (Å²) in [5, 5.41) is 0. The van der Waals surface area contributed by atoms with Crippen LogP contribution in [0.4, 0.5) is 0 Å². The average molecular weight is 338 g/mol. The zero-order chi connectivity index (χ0) is 14.8. The molecule has 20 heavy (non-hydrogen) atoms. The summed E-state index contributed by atoms with van der Waals surface area (Å²) in [7, 11) is -3.37. The number of nitrogens with zero attached hydrogens (tertiary/aromatic N) is 1. The zero-order valence-corrected chi connectivity index (χ0v) is 14.2. The lowest BCUT2D eigenvalue weighted by atomic mass is 10.1. The van der Waals surface area contributed by atoms with Gasteiger partial charge in [-0.3, -0.25) is 0 Å². The predicted molar refractivity (Wildman–Crippen MR) is 82.0 cm³/mol. The molecular weight excluding hydrogens is 318 g/mol. The van der Waals surface area contributed by atoms with Gasteiger partial charge in [-0.1, -0.05) is 0 Å². The molecule has 114 valence electrons. The Morgan fingerprint density at radius 1 is 1.45 bits per heavy atom. The maximum absolute atomic E-state index is 12.6. The molecule has 1 saturated heterocycles. The fraction of sp³-hybridized carbons (Fsp3) is 0.692. The van der Waals surface area contributed by atoms with Crippen LogP contribution < -0.4 is 0 Å². The number of hydrogen-bond acceptors (Lipinski definition) is 4. The number of piperidine rings is 1. The summed E-state index contributed by atoms with van der Waals surface area (Å²) in [6.45, 7) is 5.60. The Kier molecular flexibility index (Phi) is 5.48.